The molecule has 146 valence electrons. The normalized spacial score (nSPS) is 10.9. The van der Waals surface area contributed by atoms with Crippen LogP contribution in [0.2, 0.25) is 5.02 Å². The third-order valence-corrected chi connectivity index (χ3v) is 5.46. The van der Waals surface area contributed by atoms with Crippen LogP contribution < -0.4 is 5.32 Å². The highest BCUT2D eigenvalue weighted by molar-refractivity contribution is 7.99. The van der Waals surface area contributed by atoms with Gasteiger partial charge in [-0.05, 0) is 37.3 Å². The van der Waals surface area contributed by atoms with Crippen molar-refractivity contribution in [1.82, 2.24) is 14.5 Å². The summed E-state index contributed by atoms with van der Waals surface area (Å²) in [5, 5.41) is 3.97. The Morgan fingerprint density at radius 2 is 1.96 bits per heavy atom. The van der Waals surface area contributed by atoms with Gasteiger partial charge < -0.3 is 14.8 Å². The standard InChI is InChI=1S/C20H21ClN4O2S/c1-4-25-17-8-6-5-7-16(17)23-20(25)28-12-18(26)22-13-9-10-15(21)14(11-13)19(27)24(2)3/h5-11H,4,12H2,1-3H3,(H,22,26). The van der Waals surface area contributed by atoms with E-state index in [2.05, 4.69) is 21.8 Å². The number of amides is 2. The van der Waals surface area contributed by atoms with Crippen molar-refractivity contribution in [3.05, 3.63) is 53.1 Å². The number of thioether (sulfide) groups is 1. The molecule has 0 saturated carbocycles. The Balaban J connectivity index is 1.70. The van der Waals surface area contributed by atoms with Crippen LogP contribution in [-0.4, -0.2) is 46.1 Å². The molecule has 0 saturated heterocycles. The molecule has 1 aromatic heterocycles. The fourth-order valence-corrected chi connectivity index (χ4v) is 3.88. The van der Waals surface area contributed by atoms with E-state index in [4.69, 9.17) is 11.6 Å². The molecule has 0 aliphatic rings. The first-order valence-electron chi connectivity index (χ1n) is 8.79. The maximum Gasteiger partial charge on any atom is 0.254 e. The number of aromatic nitrogens is 2. The van der Waals surface area contributed by atoms with Gasteiger partial charge in [0.1, 0.15) is 0 Å². The topological polar surface area (TPSA) is 67.2 Å². The molecule has 0 bridgehead atoms. The average molecular weight is 417 g/mol. The second-order valence-electron chi connectivity index (χ2n) is 6.36. The van der Waals surface area contributed by atoms with Crippen LogP contribution in [0.5, 0.6) is 0 Å². The number of aryl methyl sites for hydroxylation is 1. The van der Waals surface area contributed by atoms with Crippen molar-refractivity contribution in [1.29, 1.82) is 0 Å². The Kier molecular flexibility index (Phi) is 6.26. The number of rotatable bonds is 6. The van der Waals surface area contributed by atoms with Gasteiger partial charge in [0.25, 0.3) is 5.91 Å². The van der Waals surface area contributed by atoms with Gasteiger partial charge in [0.2, 0.25) is 5.91 Å². The van der Waals surface area contributed by atoms with E-state index in [-0.39, 0.29) is 17.6 Å². The summed E-state index contributed by atoms with van der Waals surface area (Å²) in [4.78, 5) is 30.6. The third kappa shape index (κ3) is 4.31. The first-order valence-corrected chi connectivity index (χ1v) is 10.2. The quantitative estimate of drug-likeness (QED) is 0.613. The molecule has 3 rings (SSSR count). The van der Waals surface area contributed by atoms with Gasteiger partial charge in [0.05, 0.1) is 27.4 Å². The van der Waals surface area contributed by atoms with E-state index in [1.54, 1.807) is 32.3 Å². The molecular weight excluding hydrogens is 396 g/mol. The monoisotopic (exact) mass is 416 g/mol. The minimum atomic E-state index is -0.216. The first-order chi connectivity index (χ1) is 13.4. The van der Waals surface area contributed by atoms with E-state index >= 15 is 0 Å². The number of benzene rings is 2. The van der Waals surface area contributed by atoms with Crippen molar-refractivity contribution < 1.29 is 9.59 Å². The van der Waals surface area contributed by atoms with E-state index in [1.807, 2.05) is 24.3 Å². The molecule has 3 aromatic rings. The number of anilines is 1. The molecule has 0 aliphatic carbocycles. The van der Waals surface area contributed by atoms with Crippen molar-refractivity contribution in [2.24, 2.45) is 0 Å². The summed E-state index contributed by atoms with van der Waals surface area (Å²) in [6.45, 7) is 2.83. The fourth-order valence-electron chi connectivity index (χ4n) is 2.80. The molecule has 1 heterocycles. The van der Waals surface area contributed by atoms with Gasteiger partial charge >= 0.3 is 0 Å². The van der Waals surface area contributed by atoms with Gasteiger partial charge in [-0.15, -0.1) is 0 Å². The Morgan fingerprint density at radius 1 is 1.21 bits per heavy atom. The molecule has 0 spiro atoms. The van der Waals surface area contributed by atoms with Crippen LogP contribution in [0.3, 0.4) is 0 Å². The van der Waals surface area contributed by atoms with E-state index in [0.29, 0.717) is 16.3 Å². The number of carbonyl (C=O) groups is 2. The van der Waals surface area contributed by atoms with E-state index in [9.17, 15) is 9.59 Å². The first kappa shape index (κ1) is 20.2. The molecule has 0 unspecified atom stereocenters. The number of nitrogens with one attached hydrogen (secondary N) is 1. The Hall–Kier alpha value is -2.51. The lowest BCUT2D eigenvalue weighted by atomic mass is 10.1. The minimum absolute atomic E-state index is 0.176. The highest BCUT2D eigenvalue weighted by atomic mass is 35.5. The predicted octanol–water partition coefficient (Wildman–Crippen LogP) is 4.14. The molecule has 2 amide bonds. The van der Waals surface area contributed by atoms with E-state index in [0.717, 1.165) is 22.7 Å². The maximum absolute atomic E-state index is 12.4. The molecule has 0 aliphatic heterocycles. The molecule has 28 heavy (non-hydrogen) atoms. The van der Waals surface area contributed by atoms with Crippen LogP contribution in [0.15, 0.2) is 47.6 Å². The van der Waals surface area contributed by atoms with E-state index in [1.165, 1.54) is 16.7 Å². The predicted molar refractivity (Wildman–Crippen MR) is 114 cm³/mol. The Morgan fingerprint density at radius 3 is 2.68 bits per heavy atom. The summed E-state index contributed by atoms with van der Waals surface area (Å²) in [6, 6.07) is 12.8. The highest BCUT2D eigenvalue weighted by Gasteiger charge is 2.15. The van der Waals surface area contributed by atoms with Crippen molar-refractivity contribution in [3.63, 3.8) is 0 Å². The van der Waals surface area contributed by atoms with E-state index < -0.39 is 0 Å². The van der Waals surface area contributed by atoms with Gasteiger partial charge in [-0.25, -0.2) is 4.98 Å². The number of nitrogens with zero attached hydrogens (tertiary/aromatic N) is 3. The molecular formula is C20H21ClN4O2S. The second-order valence-corrected chi connectivity index (χ2v) is 7.71. The fraction of sp³-hybridized carbons (Fsp3) is 0.250. The van der Waals surface area contributed by atoms with Gasteiger partial charge in [-0.3, -0.25) is 9.59 Å². The van der Waals surface area contributed by atoms with Crippen LogP contribution >= 0.6 is 23.4 Å². The largest absolute Gasteiger partial charge is 0.345 e. The summed E-state index contributed by atoms with van der Waals surface area (Å²) < 4.78 is 2.09. The zero-order valence-electron chi connectivity index (χ0n) is 15.9. The summed E-state index contributed by atoms with van der Waals surface area (Å²) in [5.74, 6) is -0.180. The molecule has 1 N–H and O–H groups in total. The maximum atomic E-state index is 12.4. The summed E-state index contributed by atoms with van der Waals surface area (Å²) in [7, 11) is 3.31. The van der Waals surface area contributed by atoms with Crippen LogP contribution in [0.4, 0.5) is 5.69 Å². The van der Waals surface area contributed by atoms with Gasteiger partial charge in [0.15, 0.2) is 5.16 Å². The molecule has 8 heteroatoms. The number of para-hydroxylation sites is 2. The third-order valence-electron chi connectivity index (χ3n) is 4.15. The zero-order chi connectivity index (χ0) is 20.3. The molecule has 2 aromatic carbocycles. The number of hydrogen-bond acceptors (Lipinski definition) is 4. The smallest absolute Gasteiger partial charge is 0.254 e. The minimum Gasteiger partial charge on any atom is -0.345 e. The number of hydrogen-bond donors (Lipinski definition) is 1. The van der Waals surface area contributed by atoms with Crippen LogP contribution in [0.1, 0.15) is 17.3 Å². The number of halogens is 1. The van der Waals surface area contributed by atoms with Gasteiger partial charge in [0, 0.05) is 26.3 Å². The van der Waals surface area contributed by atoms with Crippen molar-refractivity contribution >= 4 is 51.9 Å². The number of carbonyl (C=O) groups excluding carboxylic acids is 2. The van der Waals surface area contributed by atoms with Gasteiger partial charge in [-0.2, -0.15) is 0 Å². The van der Waals surface area contributed by atoms with Crippen molar-refractivity contribution in [2.75, 3.05) is 25.2 Å². The van der Waals surface area contributed by atoms with Gasteiger partial charge in [-0.1, -0.05) is 35.5 Å². The summed E-state index contributed by atoms with van der Waals surface area (Å²) >= 11 is 7.49. The average Bonchev–Trinajstić information content (AvgIpc) is 3.04. The number of imidazole rings is 1. The zero-order valence-corrected chi connectivity index (χ0v) is 17.5. The Bertz CT molecular complexity index is 1030. The SMILES string of the molecule is CCn1c(SCC(=O)Nc2ccc(Cl)c(C(=O)N(C)C)c2)nc2ccccc21. The highest BCUT2D eigenvalue weighted by Crippen LogP contribution is 2.25. The second kappa shape index (κ2) is 8.67. The lowest BCUT2D eigenvalue weighted by Crippen LogP contribution is -2.22. The lowest BCUT2D eigenvalue weighted by Gasteiger charge is -2.13. The molecule has 0 radical (unpaired) electrons. The summed E-state index contributed by atoms with van der Waals surface area (Å²) in [6.07, 6.45) is 0. The number of fused-ring (bicyclic) bond motifs is 1. The van der Waals surface area contributed by atoms with Crippen molar-refractivity contribution in [2.45, 2.75) is 18.6 Å². The van der Waals surface area contributed by atoms with Crippen LogP contribution in [0, 0.1) is 0 Å². The molecule has 6 nitrogen and oxygen atoms in total. The summed E-state index contributed by atoms with van der Waals surface area (Å²) in [5.41, 5.74) is 2.85. The molecule has 0 atom stereocenters. The van der Waals surface area contributed by atoms with Crippen LogP contribution in [0.25, 0.3) is 11.0 Å². The van der Waals surface area contributed by atoms with Crippen molar-refractivity contribution in [3.8, 4) is 0 Å². The Labute approximate surface area is 172 Å². The van der Waals surface area contributed by atoms with Crippen LogP contribution in [-0.2, 0) is 11.3 Å². The molecule has 0 fully saturated rings. The lowest BCUT2D eigenvalue weighted by molar-refractivity contribution is -0.113.